The van der Waals surface area contributed by atoms with E-state index in [0.29, 0.717) is 28.1 Å². The topological polar surface area (TPSA) is 94.1 Å². The van der Waals surface area contributed by atoms with E-state index in [0.717, 1.165) is 36.3 Å². The molecule has 1 amide bonds. The predicted molar refractivity (Wildman–Crippen MR) is 134 cm³/mol. The van der Waals surface area contributed by atoms with E-state index in [4.69, 9.17) is 17.3 Å². The highest BCUT2D eigenvalue weighted by atomic mass is 35.5. The van der Waals surface area contributed by atoms with Gasteiger partial charge in [-0.3, -0.25) is 14.2 Å². The Hall–Kier alpha value is -3.71. The van der Waals surface area contributed by atoms with E-state index in [9.17, 15) is 9.59 Å². The third-order valence-electron chi connectivity index (χ3n) is 6.30. The second-order valence-electron chi connectivity index (χ2n) is 8.59. The van der Waals surface area contributed by atoms with Gasteiger partial charge in [0, 0.05) is 36.6 Å². The number of nitrogen functional groups attached to an aromatic ring is 1. The highest BCUT2D eigenvalue weighted by molar-refractivity contribution is 6.35. The summed E-state index contributed by atoms with van der Waals surface area (Å²) in [5.41, 5.74) is 8.28. The molecular formula is C26H24ClN5O2. The van der Waals surface area contributed by atoms with Gasteiger partial charge in [-0.05, 0) is 42.5 Å². The lowest BCUT2D eigenvalue weighted by Gasteiger charge is -2.31. The molecule has 4 aromatic rings. The third kappa shape index (κ3) is 3.92. The van der Waals surface area contributed by atoms with Crippen molar-refractivity contribution in [3.63, 3.8) is 0 Å². The van der Waals surface area contributed by atoms with E-state index in [1.165, 1.54) is 6.20 Å². The van der Waals surface area contributed by atoms with E-state index in [1.54, 1.807) is 15.5 Å². The first kappa shape index (κ1) is 22.1. The Kier molecular flexibility index (Phi) is 5.79. The number of para-hydroxylation sites is 1. The summed E-state index contributed by atoms with van der Waals surface area (Å²) in [6.45, 7) is 3.48. The van der Waals surface area contributed by atoms with E-state index in [1.807, 2.05) is 55.5 Å². The van der Waals surface area contributed by atoms with Crippen molar-refractivity contribution in [1.82, 2.24) is 19.4 Å². The number of halogens is 1. The molecule has 172 valence electrons. The van der Waals surface area contributed by atoms with Crippen LogP contribution in [-0.4, -0.2) is 38.4 Å². The van der Waals surface area contributed by atoms with Gasteiger partial charge in [-0.15, -0.1) is 0 Å². The summed E-state index contributed by atoms with van der Waals surface area (Å²) in [5, 5.41) is 1.66. The number of carbonyl (C=O) groups is 1. The summed E-state index contributed by atoms with van der Waals surface area (Å²) in [4.78, 5) is 36.9. The number of amides is 1. The zero-order valence-corrected chi connectivity index (χ0v) is 19.5. The summed E-state index contributed by atoms with van der Waals surface area (Å²) in [6.07, 6.45) is 2.92. The minimum absolute atomic E-state index is 0.0841. The van der Waals surface area contributed by atoms with Gasteiger partial charge in [-0.1, -0.05) is 48.9 Å². The molecule has 1 fully saturated rings. The predicted octanol–water partition coefficient (Wildman–Crippen LogP) is 4.21. The van der Waals surface area contributed by atoms with Gasteiger partial charge in [-0.25, -0.2) is 9.97 Å². The fourth-order valence-electron chi connectivity index (χ4n) is 4.40. The fourth-order valence-corrected chi connectivity index (χ4v) is 4.66. The maximum absolute atomic E-state index is 13.7. The van der Waals surface area contributed by atoms with Gasteiger partial charge < -0.3 is 10.6 Å². The lowest BCUT2D eigenvalue weighted by molar-refractivity contribution is 0.0649. The molecule has 0 aliphatic carbocycles. The van der Waals surface area contributed by atoms with Gasteiger partial charge in [0.15, 0.2) is 0 Å². The van der Waals surface area contributed by atoms with E-state index in [2.05, 4.69) is 9.97 Å². The summed E-state index contributed by atoms with van der Waals surface area (Å²) in [7, 11) is 0. The Balaban J connectivity index is 1.63. The number of pyridine rings is 1. The second-order valence-corrected chi connectivity index (χ2v) is 9.00. The van der Waals surface area contributed by atoms with Crippen molar-refractivity contribution in [3.8, 4) is 5.69 Å². The van der Waals surface area contributed by atoms with Crippen LogP contribution in [0.15, 0.2) is 65.6 Å². The molecule has 0 spiro atoms. The van der Waals surface area contributed by atoms with Crippen LogP contribution in [0.25, 0.3) is 16.5 Å². The Labute approximate surface area is 201 Å². The van der Waals surface area contributed by atoms with Crippen molar-refractivity contribution in [1.29, 1.82) is 0 Å². The fraction of sp³-hybridized carbons (Fsp3) is 0.231. The van der Waals surface area contributed by atoms with Crippen molar-refractivity contribution in [3.05, 3.63) is 93.1 Å². The van der Waals surface area contributed by atoms with E-state index in [-0.39, 0.29) is 23.3 Å². The van der Waals surface area contributed by atoms with Crippen LogP contribution in [0.2, 0.25) is 5.02 Å². The molecule has 3 heterocycles. The van der Waals surface area contributed by atoms with Gasteiger partial charge in [0.25, 0.3) is 11.5 Å². The quantitative estimate of drug-likeness (QED) is 0.468. The maximum Gasteiger partial charge on any atom is 0.264 e. The molecule has 1 aliphatic heterocycles. The molecule has 0 unspecified atom stereocenters. The average molecular weight is 474 g/mol. The SMILES string of the molecule is C[C@H](Cc1nc(N)ncc1C(=O)N1CCC1)c1cc2cccc(Cl)c2c(=O)n1-c1ccccc1. The number of likely N-dealkylation sites (tertiary alicyclic amines) is 1. The summed E-state index contributed by atoms with van der Waals surface area (Å²) in [5.74, 6) is -0.124. The minimum atomic E-state index is -0.185. The lowest BCUT2D eigenvalue weighted by atomic mass is 9.95. The van der Waals surface area contributed by atoms with Crippen molar-refractivity contribution < 1.29 is 4.79 Å². The molecule has 1 atom stereocenters. The smallest absolute Gasteiger partial charge is 0.264 e. The zero-order chi connectivity index (χ0) is 23.8. The van der Waals surface area contributed by atoms with Crippen molar-refractivity contribution in [2.45, 2.75) is 25.7 Å². The molecule has 2 N–H and O–H groups in total. The third-order valence-corrected chi connectivity index (χ3v) is 6.62. The molecule has 5 rings (SSSR count). The van der Waals surface area contributed by atoms with Crippen molar-refractivity contribution in [2.75, 3.05) is 18.8 Å². The number of rotatable bonds is 5. The second kappa shape index (κ2) is 8.91. The number of carbonyl (C=O) groups excluding carboxylic acids is 1. The number of hydrogen-bond acceptors (Lipinski definition) is 5. The van der Waals surface area contributed by atoms with Crippen LogP contribution >= 0.6 is 11.6 Å². The Morgan fingerprint density at radius 2 is 1.91 bits per heavy atom. The zero-order valence-electron chi connectivity index (χ0n) is 18.7. The molecule has 0 radical (unpaired) electrons. The molecule has 1 saturated heterocycles. The van der Waals surface area contributed by atoms with Crippen LogP contribution in [-0.2, 0) is 6.42 Å². The number of hydrogen-bond donors (Lipinski definition) is 1. The molecule has 34 heavy (non-hydrogen) atoms. The Bertz CT molecular complexity index is 1450. The Morgan fingerprint density at radius 1 is 1.15 bits per heavy atom. The maximum atomic E-state index is 13.7. The number of anilines is 1. The first-order valence-electron chi connectivity index (χ1n) is 11.2. The number of aromatic nitrogens is 3. The number of benzene rings is 2. The van der Waals surface area contributed by atoms with Crippen LogP contribution < -0.4 is 11.3 Å². The van der Waals surface area contributed by atoms with Crippen LogP contribution in [0.4, 0.5) is 5.95 Å². The molecule has 0 saturated carbocycles. The minimum Gasteiger partial charge on any atom is -0.368 e. The van der Waals surface area contributed by atoms with Gasteiger partial charge in [0.05, 0.1) is 21.7 Å². The molecule has 0 bridgehead atoms. The number of fused-ring (bicyclic) bond motifs is 1. The van der Waals surface area contributed by atoms with Gasteiger partial charge in [-0.2, -0.15) is 0 Å². The van der Waals surface area contributed by atoms with Crippen LogP contribution in [0.3, 0.4) is 0 Å². The van der Waals surface area contributed by atoms with Gasteiger partial charge >= 0.3 is 0 Å². The molecule has 8 heteroatoms. The van der Waals surface area contributed by atoms with Crippen molar-refractivity contribution in [2.24, 2.45) is 0 Å². The summed E-state index contributed by atoms with van der Waals surface area (Å²) in [6, 6.07) is 16.9. The molecule has 7 nitrogen and oxygen atoms in total. The molecular weight excluding hydrogens is 450 g/mol. The largest absolute Gasteiger partial charge is 0.368 e. The standard InChI is InChI=1S/C26H24ClN5O2/c1-16(13-21-19(15-29-26(28)30-21)24(33)31-11-6-12-31)22-14-17-7-5-10-20(27)23(17)25(34)32(22)18-8-3-2-4-9-18/h2-5,7-10,14-16H,6,11-13H2,1H3,(H2,28,29,30)/t16-/m1/s1. The van der Waals surface area contributed by atoms with Gasteiger partial charge in [0.1, 0.15) is 0 Å². The first-order valence-corrected chi connectivity index (χ1v) is 11.6. The van der Waals surface area contributed by atoms with E-state index >= 15 is 0 Å². The average Bonchev–Trinajstić information content (AvgIpc) is 2.78. The highest BCUT2D eigenvalue weighted by Gasteiger charge is 2.26. The van der Waals surface area contributed by atoms with Crippen molar-refractivity contribution >= 4 is 34.2 Å². The van der Waals surface area contributed by atoms with Crippen LogP contribution in [0, 0.1) is 0 Å². The van der Waals surface area contributed by atoms with Gasteiger partial charge in [0.2, 0.25) is 5.95 Å². The number of nitrogens with zero attached hydrogens (tertiary/aromatic N) is 4. The molecule has 2 aromatic carbocycles. The van der Waals surface area contributed by atoms with Crippen LogP contribution in [0.5, 0.6) is 0 Å². The molecule has 2 aromatic heterocycles. The van der Waals surface area contributed by atoms with Crippen LogP contribution in [0.1, 0.15) is 41.0 Å². The Morgan fingerprint density at radius 3 is 2.62 bits per heavy atom. The molecule has 1 aliphatic rings. The lowest BCUT2D eigenvalue weighted by Crippen LogP contribution is -2.42. The summed E-state index contributed by atoms with van der Waals surface area (Å²) >= 11 is 6.42. The number of nitrogens with two attached hydrogens (primary N) is 1. The first-order chi connectivity index (χ1) is 16.4. The highest BCUT2D eigenvalue weighted by Crippen LogP contribution is 2.29. The van der Waals surface area contributed by atoms with E-state index < -0.39 is 0 Å². The monoisotopic (exact) mass is 473 g/mol. The summed E-state index contributed by atoms with van der Waals surface area (Å²) < 4.78 is 1.69. The normalized spacial score (nSPS) is 14.1.